The molecule has 0 saturated carbocycles. The number of carboxylic acids is 1. The fraction of sp³-hybridized carbons (Fsp3) is 0.389. The zero-order chi connectivity index (χ0) is 16.4. The summed E-state index contributed by atoms with van der Waals surface area (Å²) >= 11 is 0. The number of hydrogen-bond donors (Lipinski definition) is 1. The van der Waals surface area contributed by atoms with E-state index in [1.165, 1.54) is 11.1 Å². The van der Waals surface area contributed by atoms with Crippen LogP contribution >= 0.6 is 0 Å². The SMILES string of the molecule is Cc1ccc(-c2ccc(N3CCCC(C(=O)O)C3)nn2)c(C)c1. The summed E-state index contributed by atoms with van der Waals surface area (Å²) in [5, 5.41) is 17.9. The van der Waals surface area contributed by atoms with Crippen LogP contribution in [0, 0.1) is 19.8 Å². The van der Waals surface area contributed by atoms with Crippen LogP contribution in [0.15, 0.2) is 30.3 Å². The first-order valence-corrected chi connectivity index (χ1v) is 7.93. The third-order valence-electron chi connectivity index (χ3n) is 4.40. The van der Waals surface area contributed by atoms with Gasteiger partial charge < -0.3 is 10.0 Å². The van der Waals surface area contributed by atoms with Gasteiger partial charge in [-0.15, -0.1) is 10.2 Å². The van der Waals surface area contributed by atoms with Crippen LogP contribution < -0.4 is 4.90 Å². The van der Waals surface area contributed by atoms with Crippen molar-refractivity contribution in [1.82, 2.24) is 10.2 Å². The highest BCUT2D eigenvalue weighted by Gasteiger charge is 2.26. The standard InChI is InChI=1S/C18H21N3O2/c1-12-5-6-15(13(2)10-12)16-7-8-17(20-19-16)21-9-3-4-14(11-21)18(22)23/h5-8,10,14H,3-4,9,11H2,1-2H3,(H,22,23). The van der Waals surface area contributed by atoms with Crippen molar-refractivity contribution >= 4 is 11.8 Å². The van der Waals surface area contributed by atoms with Crippen molar-refractivity contribution in [3.8, 4) is 11.3 Å². The van der Waals surface area contributed by atoms with E-state index in [2.05, 4.69) is 42.2 Å². The molecule has 0 bridgehead atoms. The molecule has 1 aromatic heterocycles. The third-order valence-corrected chi connectivity index (χ3v) is 4.40. The molecule has 1 aromatic carbocycles. The Labute approximate surface area is 136 Å². The summed E-state index contributed by atoms with van der Waals surface area (Å²) in [5.41, 5.74) is 4.33. The number of nitrogens with zero attached hydrogens (tertiary/aromatic N) is 3. The normalized spacial score (nSPS) is 18.0. The summed E-state index contributed by atoms with van der Waals surface area (Å²) in [6.07, 6.45) is 1.61. The van der Waals surface area contributed by atoms with E-state index < -0.39 is 5.97 Å². The average molecular weight is 311 g/mol. The predicted octanol–water partition coefficient (Wildman–Crippen LogP) is 3.06. The van der Waals surface area contributed by atoms with Crippen molar-refractivity contribution in [2.75, 3.05) is 18.0 Å². The van der Waals surface area contributed by atoms with E-state index >= 15 is 0 Å². The molecule has 0 spiro atoms. The third kappa shape index (κ3) is 3.33. The summed E-state index contributed by atoms with van der Waals surface area (Å²) in [4.78, 5) is 13.2. The van der Waals surface area contributed by atoms with Crippen molar-refractivity contribution in [2.45, 2.75) is 26.7 Å². The number of aryl methyl sites for hydroxylation is 2. The second kappa shape index (κ2) is 6.36. The van der Waals surface area contributed by atoms with Gasteiger partial charge in [0.05, 0.1) is 11.6 Å². The van der Waals surface area contributed by atoms with Gasteiger partial charge >= 0.3 is 5.97 Å². The lowest BCUT2D eigenvalue weighted by Crippen LogP contribution is -2.39. The molecule has 2 aromatic rings. The van der Waals surface area contributed by atoms with E-state index in [9.17, 15) is 9.90 Å². The molecule has 1 unspecified atom stereocenters. The van der Waals surface area contributed by atoms with E-state index in [1.807, 2.05) is 17.0 Å². The number of hydrogen-bond acceptors (Lipinski definition) is 4. The second-order valence-corrected chi connectivity index (χ2v) is 6.22. The van der Waals surface area contributed by atoms with Crippen molar-refractivity contribution in [2.24, 2.45) is 5.92 Å². The average Bonchev–Trinajstić information content (AvgIpc) is 2.55. The van der Waals surface area contributed by atoms with Gasteiger partial charge in [0.15, 0.2) is 5.82 Å². The number of aliphatic carboxylic acids is 1. The monoisotopic (exact) mass is 311 g/mol. The Hall–Kier alpha value is -2.43. The molecule has 5 heteroatoms. The Balaban J connectivity index is 1.80. The van der Waals surface area contributed by atoms with Crippen molar-refractivity contribution in [1.29, 1.82) is 0 Å². The molecule has 2 heterocycles. The summed E-state index contributed by atoms with van der Waals surface area (Å²) < 4.78 is 0. The van der Waals surface area contributed by atoms with Crippen LogP contribution in [0.5, 0.6) is 0 Å². The number of piperidine rings is 1. The Kier molecular flexibility index (Phi) is 4.28. The van der Waals surface area contributed by atoms with Gasteiger partial charge in [0.1, 0.15) is 0 Å². The molecule has 0 radical (unpaired) electrons. The second-order valence-electron chi connectivity index (χ2n) is 6.22. The zero-order valence-electron chi connectivity index (χ0n) is 13.5. The Morgan fingerprint density at radius 3 is 2.70 bits per heavy atom. The van der Waals surface area contributed by atoms with E-state index in [-0.39, 0.29) is 5.92 Å². The number of anilines is 1. The number of rotatable bonds is 3. The zero-order valence-corrected chi connectivity index (χ0v) is 13.5. The Bertz CT molecular complexity index is 713. The van der Waals surface area contributed by atoms with Crippen LogP contribution in [-0.2, 0) is 4.79 Å². The van der Waals surface area contributed by atoms with Crippen molar-refractivity contribution < 1.29 is 9.90 Å². The van der Waals surface area contributed by atoms with Crippen LogP contribution in [0.2, 0.25) is 0 Å². The number of benzene rings is 1. The fourth-order valence-electron chi connectivity index (χ4n) is 3.13. The van der Waals surface area contributed by atoms with Gasteiger partial charge in [0.2, 0.25) is 0 Å². The smallest absolute Gasteiger partial charge is 0.308 e. The van der Waals surface area contributed by atoms with Gasteiger partial charge in [-0.1, -0.05) is 23.8 Å². The maximum Gasteiger partial charge on any atom is 0.308 e. The largest absolute Gasteiger partial charge is 0.481 e. The van der Waals surface area contributed by atoms with Crippen LogP contribution in [0.25, 0.3) is 11.3 Å². The minimum atomic E-state index is -0.727. The molecular weight excluding hydrogens is 290 g/mol. The van der Waals surface area contributed by atoms with Crippen LogP contribution in [-0.4, -0.2) is 34.4 Å². The lowest BCUT2D eigenvalue weighted by Gasteiger charge is -2.31. The van der Waals surface area contributed by atoms with Gasteiger partial charge in [0, 0.05) is 18.7 Å². The fourth-order valence-corrected chi connectivity index (χ4v) is 3.13. The lowest BCUT2D eigenvalue weighted by atomic mass is 9.98. The van der Waals surface area contributed by atoms with Crippen molar-refractivity contribution in [3.63, 3.8) is 0 Å². The number of carbonyl (C=O) groups is 1. The highest BCUT2D eigenvalue weighted by atomic mass is 16.4. The van der Waals surface area contributed by atoms with E-state index in [1.54, 1.807) is 0 Å². The molecule has 3 rings (SSSR count). The molecule has 23 heavy (non-hydrogen) atoms. The van der Waals surface area contributed by atoms with Gasteiger partial charge in [-0.25, -0.2) is 0 Å². The quantitative estimate of drug-likeness (QED) is 0.943. The maximum atomic E-state index is 11.2. The summed E-state index contributed by atoms with van der Waals surface area (Å²) in [7, 11) is 0. The molecule has 120 valence electrons. The maximum absolute atomic E-state index is 11.2. The molecule has 1 aliphatic rings. The van der Waals surface area contributed by atoms with E-state index in [0.717, 1.165) is 36.5 Å². The van der Waals surface area contributed by atoms with Crippen LogP contribution in [0.3, 0.4) is 0 Å². The first kappa shape index (κ1) is 15.5. The molecule has 1 N–H and O–H groups in total. The lowest BCUT2D eigenvalue weighted by molar-refractivity contribution is -0.141. The Morgan fingerprint density at radius 1 is 1.22 bits per heavy atom. The molecule has 0 amide bonds. The molecule has 1 saturated heterocycles. The van der Waals surface area contributed by atoms with Crippen molar-refractivity contribution in [3.05, 3.63) is 41.5 Å². The number of aromatic nitrogens is 2. The molecule has 5 nitrogen and oxygen atoms in total. The highest BCUT2D eigenvalue weighted by molar-refractivity contribution is 5.71. The van der Waals surface area contributed by atoms with Gasteiger partial charge in [-0.2, -0.15) is 0 Å². The van der Waals surface area contributed by atoms with E-state index in [0.29, 0.717) is 6.54 Å². The van der Waals surface area contributed by atoms with E-state index in [4.69, 9.17) is 0 Å². The summed E-state index contributed by atoms with van der Waals surface area (Å²) in [5.74, 6) is -0.288. The van der Waals surface area contributed by atoms with Gasteiger partial charge in [-0.05, 0) is 44.4 Å². The highest BCUT2D eigenvalue weighted by Crippen LogP contribution is 2.25. The molecular formula is C18H21N3O2. The summed E-state index contributed by atoms with van der Waals surface area (Å²) in [6.45, 7) is 5.48. The van der Waals surface area contributed by atoms with Gasteiger partial charge in [0.25, 0.3) is 0 Å². The first-order chi connectivity index (χ1) is 11.0. The minimum absolute atomic E-state index is 0.315. The molecule has 0 aliphatic carbocycles. The summed E-state index contributed by atoms with van der Waals surface area (Å²) in [6, 6.07) is 10.2. The predicted molar refractivity (Wildman–Crippen MR) is 89.5 cm³/mol. The number of carboxylic acid groups (broad SMARTS) is 1. The Morgan fingerprint density at radius 2 is 2.04 bits per heavy atom. The van der Waals surface area contributed by atoms with Gasteiger partial charge in [-0.3, -0.25) is 4.79 Å². The molecule has 1 aliphatic heterocycles. The molecule has 1 fully saturated rings. The molecule has 1 atom stereocenters. The minimum Gasteiger partial charge on any atom is -0.481 e. The van der Waals surface area contributed by atoms with Crippen LogP contribution in [0.1, 0.15) is 24.0 Å². The topological polar surface area (TPSA) is 66.3 Å². The first-order valence-electron chi connectivity index (χ1n) is 7.93. The van der Waals surface area contributed by atoms with Crippen LogP contribution in [0.4, 0.5) is 5.82 Å².